The van der Waals surface area contributed by atoms with Crippen LogP contribution in [-0.4, -0.2) is 68.8 Å². The second-order valence-corrected chi connectivity index (χ2v) is 13.0. The van der Waals surface area contributed by atoms with Gasteiger partial charge in [0, 0.05) is 31.7 Å². The van der Waals surface area contributed by atoms with E-state index < -0.39 is 10.0 Å². The highest BCUT2D eigenvalue weighted by Crippen LogP contribution is 2.31. The normalized spacial score (nSPS) is 19.4. The van der Waals surface area contributed by atoms with Crippen molar-refractivity contribution >= 4 is 42.6 Å². The molecule has 1 aromatic heterocycles. The average Bonchev–Trinajstić information content (AvgIpc) is 3.21. The molecule has 2 aromatic carbocycles. The van der Waals surface area contributed by atoms with E-state index in [-0.39, 0.29) is 10.8 Å². The first-order valence-corrected chi connectivity index (χ1v) is 14.2. The van der Waals surface area contributed by atoms with Gasteiger partial charge in [-0.25, -0.2) is 13.4 Å². The fourth-order valence-corrected chi connectivity index (χ4v) is 7.36. The number of aromatic nitrogens is 1. The Hall–Kier alpha value is -2.33. The first-order chi connectivity index (χ1) is 16.5. The Bertz CT molecular complexity index is 1290. The Labute approximate surface area is 212 Å². The maximum absolute atomic E-state index is 13.6. The van der Waals surface area contributed by atoms with E-state index in [1.54, 1.807) is 33.5 Å². The Kier molecular flexibility index (Phi) is 7.61. The van der Waals surface area contributed by atoms with Crippen molar-refractivity contribution in [3.63, 3.8) is 0 Å². The number of aryl methyl sites for hydroxylation is 1. The lowest BCUT2D eigenvalue weighted by Crippen LogP contribution is -2.42. The number of likely N-dealkylation sites (N-methyl/N-ethyl adjacent to an activating group) is 1. The second kappa shape index (κ2) is 10.3. The van der Waals surface area contributed by atoms with Gasteiger partial charge in [0.2, 0.25) is 10.0 Å². The maximum atomic E-state index is 13.6. The molecule has 1 amide bonds. The Morgan fingerprint density at radius 2 is 1.71 bits per heavy atom. The monoisotopic (exact) mass is 514 g/mol. The maximum Gasteiger partial charge on any atom is 0.260 e. The van der Waals surface area contributed by atoms with Crippen LogP contribution in [0.15, 0.2) is 47.4 Å². The van der Waals surface area contributed by atoms with Crippen LogP contribution in [0, 0.1) is 18.8 Å². The Morgan fingerprint density at radius 3 is 2.34 bits per heavy atom. The molecular weight excluding hydrogens is 480 g/mol. The van der Waals surface area contributed by atoms with Gasteiger partial charge in [0.05, 0.1) is 15.1 Å². The molecule has 9 heteroatoms. The lowest BCUT2D eigenvalue weighted by atomic mass is 9.94. The van der Waals surface area contributed by atoms with Gasteiger partial charge in [0.1, 0.15) is 0 Å². The summed E-state index contributed by atoms with van der Waals surface area (Å²) in [6, 6.07) is 12.4. The topological polar surface area (TPSA) is 73.8 Å². The molecule has 2 atom stereocenters. The van der Waals surface area contributed by atoms with Crippen LogP contribution < -0.4 is 4.90 Å². The molecule has 1 saturated heterocycles. The standard InChI is InChI=1S/C26H34N4O3S2/c1-18-6-11-23-24(15-18)34-26(27-23)30(13-12-28(4)5)25(31)21-7-9-22(10-8-21)35(32,33)29-16-19(2)14-20(3)17-29/h6-11,15,19-20H,12-14,16-17H2,1-5H3. The van der Waals surface area contributed by atoms with Crippen LogP contribution in [0.25, 0.3) is 10.2 Å². The third kappa shape index (κ3) is 5.74. The third-order valence-corrected chi connectivity index (χ3v) is 9.24. The van der Waals surface area contributed by atoms with E-state index in [0.29, 0.717) is 48.7 Å². The quantitative estimate of drug-likeness (QED) is 0.465. The van der Waals surface area contributed by atoms with E-state index in [0.717, 1.165) is 22.2 Å². The Morgan fingerprint density at radius 1 is 1.06 bits per heavy atom. The summed E-state index contributed by atoms with van der Waals surface area (Å²) < 4.78 is 29.1. The molecule has 188 valence electrons. The minimum atomic E-state index is -3.59. The van der Waals surface area contributed by atoms with Crippen LogP contribution in [0.5, 0.6) is 0 Å². The van der Waals surface area contributed by atoms with Crippen molar-refractivity contribution in [3.05, 3.63) is 53.6 Å². The van der Waals surface area contributed by atoms with Crippen LogP contribution in [0.1, 0.15) is 36.2 Å². The first kappa shape index (κ1) is 25.8. The van der Waals surface area contributed by atoms with Gasteiger partial charge in [-0.05, 0) is 81.2 Å². The van der Waals surface area contributed by atoms with Crippen molar-refractivity contribution in [2.24, 2.45) is 11.8 Å². The van der Waals surface area contributed by atoms with E-state index in [1.807, 2.05) is 38.1 Å². The molecule has 0 N–H and O–H groups in total. The third-order valence-electron chi connectivity index (χ3n) is 6.35. The molecule has 35 heavy (non-hydrogen) atoms. The summed E-state index contributed by atoms with van der Waals surface area (Å²) in [5.74, 6) is 0.473. The van der Waals surface area contributed by atoms with Crippen LogP contribution >= 0.6 is 11.3 Å². The molecule has 2 unspecified atom stereocenters. The van der Waals surface area contributed by atoms with Gasteiger partial charge in [0.15, 0.2) is 5.13 Å². The zero-order valence-electron chi connectivity index (χ0n) is 21.1. The molecule has 0 bridgehead atoms. The summed E-state index contributed by atoms with van der Waals surface area (Å²) in [5, 5.41) is 0.644. The van der Waals surface area contributed by atoms with E-state index in [4.69, 9.17) is 4.98 Å². The SMILES string of the molecule is Cc1ccc2nc(N(CCN(C)C)C(=O)c3ccc(S(=O)(=O)N4CC(C)CC(C)C4)cc3)sc2c1. The van der Waals surface area contributed by atoms with Gasteiger partial charge in [-0.2, -0.15) is 4.31 Å². The fraction of sp³-hybridized carbons (Fsp3) is 0.462. The van der Waals surface area contributed by atoms with Crippen molar-refractivity contribution in [2.45, 2.75) is 32.1 Å². The van der Waals surface area contributed by atoms with Gasteiger partial charge >= 0.3 is 0 Å². The summed E-state index contributed by atoms with van der Waals surface area (Å²) in [6.07, 6.45) is 1.04. The van der Waals surface area contributed by atoms with E-state index in [2.05, 4.69) is 19.9 Å². The zero-order chi connectivity index (χ0) is 25.3. The summed E-state index contributed by atoms with van der Waals surface area (Å²) >= 11 is 1.49. The number of anilines is 1. The molecule has 3 aromatic rings. The van der Waals surface area contributed by atoms with Crippen LogP contribution in [0.2, 0.25) is 0 Å². The van der Waals surface area contributed by atoms with Crippen LogP contribution in [0.4, 0.5) is 5.13 Å². The molecule has 0 radical (unpaired) electrons. The number of thiazole rings is 1. The molecular formula is C26H34N4O3S2. The van der Waals surface area contributed by atoms with Gasteiger partial charge in [-0.3, -0.25) is 9.69 Å². The lowest BCUT2D eigenvalue weighted by molar-refractivity contribution is 0.0985. The summed E-state index contributed by atoms with van der Waals surface area (Å²) in [6.45, 7) is 8.43. The number of piperidine rings is 1. The highest BCUT2D eigenvalue weighted by atomic mass is 32.2. The van der Waals surface area contributed by atoms with Crippen molar-refractivity contribution in [2.75, 3.05) is 45.2 Å². The molecule has 7 nitrogen and oxygen atoms in total. The largest absolute Gasteiger partial charge is 0.308 e. The number of rotatable bonds is 7. The van der Waals surface area contributed by atoms with Crippen molar-refractivity contribution in [1.29, 1.82) is 0 Å². The number of benzene rings is 2. The molecule has 4 rings (SSSR count). The summed E-state index contributed by atoms with van der Waals surface area (Å²) in [4.78, 5) is 22.2. The highest BCUT2D eigenvalue weighted by Gasteiger charge is 2.32. The summed E-state index contributed by atoms with van der Waals surface area (Å²) in [7, 11) is 0.335. The summed E-state index contributed by atoms with van der Waals surface area (Å²) in [5.41, 5.74) is 2.45. The number of hydrogen-bond donors (Lipinski definition) is 0. The molecule has 2 heterocycles. The second-order valence-electron chi connectivity index (χ2n) is 10.0. The molecule has 1 aliphatic rings. The number of amides is 1. The number of nitrogens with zero attached hydrogens (tertiary/aromatic N) is 4. The molecule has 0 aliphatic carbocycles. The number of hydrogen-bond acceptors (Lipinski definition) is 6. The Balaban J connectivity index is 1.60. The smallest absolute Gasteiger partial charge is 0.260 e. The zero-order valence-corrected chi connectivity index (χ0v) is 22.7. The predicted molar refractivity (Wildman–Crippen MR) is 143 cm³/mol. The molecule has 1 fully saturated rings. The number of carbonyl (C=O) groups is 1. The van der Waals surface area contributed by atoms with Crippen LogP contribution in [0.3, 0.4) is 0 Å². The van der Waals surface area contributed by atoms with E-state index in [9.17, 15) is 13.2 Å². The van der Waals surface area contributed by atoms with Crippen molar-refractivity contribution in [1.82, 2.24) is 14.2 Å². The first-order valence-electron chi connectivity index (χ1n) is 12.0. The highest BCUT2D eigenvalue weighted by molar-refractivity contribution is 7.89. The fourth-order valence-electron chi connectivity index (χ4n) is 4.60. The minimum absolute atomic E-state index is 0.188. The van der Waals surface area contributed by atoms with E-state index in [1.165, 1.54) is 11.3 Å². The van der Waals surface area contributed by atoms with Gasteiger partial charge < -0.3 is 4.90 Å². The number of carbonyl (C=O) groups excluding carboxylic acids is 1. The van der Waals surface area contributed by atoms with Crippen LogP contribution in [-0.2, 0) is 10.0 Å². The molecule has 0 saturated carbocycles. The van der Waals surface area contributed by atoms with Gasteiger partial charge in [0.25, 0.3) is 5.91 Å². The van der Waals surface area contributed by atoms with Crippen molar-refractivity contribution in [3.8, 4) is 0 Å². The number of fused-ring (bicyclic) bond motifs is 1. The predicted octanol–water partition coefficient (Wildman–Crippen LogP) is 4.48. The average molecular weight is 515 g/mol. The van der Waals surface area contributed by atoms with Gasteiger partial charge in [-0.15, -0.1) is 0 Å². The molecule has 0 spiro atoms. The minimum Gasteiger partial charge on any atom is -0.308 e. The van der Waals surface area contributed by atoms with E-state index >= 15 is 0 Å². The van der Waals surface area contributed by atoms with Crippen molar-refractivity contribution < 1.29 is 13.2 Å². The lowest BCUT2D eigenvalue weighted by Gasteiger charge is -2.34. The van der Waals surface area contributed by atoms with Gasteiger partial charge in [-0.1, -0.05) is 31.3 Å². The molecule has 1 aliphatic heterocycles. The number of sulfonamides is 1.